The summed E-state index contributed by atoms with van der Waals surface area (Å²) < 4.78 is 41.1. The Bertz CT molecular complexity index is 667. The lowest BCUT2D eigenvalue weighted by atomic mass is 9.86. The third-order valence-corrected chi connectivity index (χ3v) is 5.46. The van der Waals surface area contributed by atoms with Crippen molar-refractivity contribution in [3.05, 3.63) is 23.8 Å². The number of benzene rings is 1. The fourth-order valence-corrected chi connectivity index (χ4v) is 4.06. The van der Waals surface area contributed by atoms with Crippen molar-refractivity contribution in [1.29, 1.82) is 0 Å². The van der Waals surface area contributed by atoms with Gasteiger partial charge in [-0.05, 0) is 37.0 Å². The Morgan fingerprint density at radius 2 is 2.04 bits per heavy atom. The van der Waals surface area contributed by atoms with Gasteiger partial charge < -0.3 is 19.5 Å². The summed E-state index contributed by atoms with van der Waals surface area (Å²) in [5, 5.41) is 3.18. The van der Waals surface area contributed by atoms with Crippen LogP contribution in [0.5, 0.6) is 11.5 Å². The van der Waals surface area contributed by atoms with Crippen LogP contribution >= 0.6 is 0 Å². The molecule has 2 fully saturated rings. The molecule has 2 aliphatic rings. The van der Waals surface area contributed by atoms with E-state index in [0.29, 0.717) is 12.3 Å². The second-order valence-corrected chi connectivity index (χ2v) is 7.55. The van der Waals surface area contributed by atoms with Crippen LogP contribution in [-0.4, -0.2) is 31.8 Å². The summed E-state index contributed by atoms with van der Waals surface area (Å²) in [5.41, 5.74) is 0.836. The van der Waals surface area contributed by atoms with Gasteiger partial charge >= 0.3 is 6.61 Å². The molecule has 27 heavy (non-hydrogen) atoms. The summed E-state index contributed by atoms with van der Waals surface area (Å²) in [6.07, 6.45) is 3.63. The highest BCUT2D eigenvalue weighted by Gasteiger charge is 2.42. The molecule has 5 nitrogen and oxygen atoms in total. The van der Waals surface area contributed by atoms with Gasteiger partial charge in [-0.1, -0.05) is 26.3 Å². The highest BCUT2D eigenvalue weighted by atomic mass is 19.3. The van der Waals surface area contributed by atoms with Crippen molar-refractivity contribution in [3.8, 4) is 11.5 Å². The van der Waals surface area contributed by atoms with Crippen LogP contribution in [0.15, 0.2) is 18.2 Å². The van der Waals surface area contributed by atoms with Crippen LogP contribution in [0.25, 0.3) is 0 Å². The zero-order valence-electron chi connectivity index (χ0n) is 15.9. The number of hydrogen-bond acceptors (Lipinski definition) is 4. The van der Waals surface area contributed by atoms with Crippen molar-refractivity contribution in [2.24, 2.45) is 11.8 Å². The number of halogens is 2. The average molecular weight is 383 g/mol. The number of nitrogens with one attached hydrogen (secondary N) is 1. The lowest BCUT2D eigenvalue weighted by Crippen LogP contribution is -2.49. The van der Waals surface area contributed by atoms with E-state index < -0.39 is 6.61 Å². The summed E-state index contributed by atoms with van der Waals surface area (Å²) in [7, 11) is 1.41. The number of rotatable bonds is 6. The highest BCUT2D eigenvalue weighted by Crippen LogP contribution is 2.44. The van der Waals surface area contributed by atoms with Crippen LogP contribution in [0.3, 0.4) is 0 Å². The molecule has 0 spiro atoms. The standard InChI is InChI=1S/C20H27F2NO4/c1-11(2)19(24)23-14-10-17(26-15-6-4-5-13(14)15)12-7-8-16(27-20(21)22)18(9-12)25-3/h7-9,11,13-15,17,20H,4-6,10H2,1-3H3,(H,23,24)/t13-,14+,15+,17+/m0/s1. The topological polar surface area (TPSA) is 56.8 Å². The van der Waals surface area contributed by atoms with Crippen LogP contribution in [0.1, 0.15) is 51.2 Å². The molecular weight excluding hydrogens is 356 g/mol. The second kappa shape index (κ2) is 8.42. The van der Waals surface area contributed by atoms with Crippen LogP contribution in [0.2, 0.25) is 0 Å². The SMILES string of the molecule is COc1cc([C@H]2C[C@@H](NC(=O)C(C)C)[C@@H]3CCC[C@H]3O2)ccc1OC(F)F. The van der Waals surface area contributed by atoms with Crippen molar-refractivity contribution in [2.75, 3.05) is 7.11 Å². The third-order valence-electron chi connectivity index (χ3n) is 5.46. The van der Waals surface area contributed by atoms with E-state index in [9.17, 15) is 13.6 Å². The van der Waals surface area contributed by atoms with Crippen molar-refractivity contribution in [1.82, 2.24) is 5.32 Å². The van der Waals surface area contributed by atoms with E-state index in [1.165, 1.54) is 13.2 Å². The molecule has 1 amide bonds. The Morgan fingerprint density at radius 3 is 2.70 bits per heavy atom. The molecule has 0 aromatic heterocycles. The molecule has 150 valence electrons. The summed E-state index contributed by atoms with van der Waals surface area (Å²) in [6.45, 7) is 0.848. The Balaban J connectivity index is 1.80. The van der Waals surface area contributed by atoms with Crippen LogP contribution in [0.4, 0.5) is 8.78 Å². The van der Waals surface area contributed by atoms with Crippen LogP contribution in [0, 0.1) is 11.8 Å². The molecule has 1 saturated heterocycles. The Hall–Kier alpha value is -1.89. The van der Waals surface area contributed by atoms with Gasteiger partial charge in [-0.15, -0.1) is 0 Å². The molecular formula is C20H27F2NO4. The van der Waals surface area contributed by atoms with Crippen molar-refractivity contribution < 1.29 is 27.8 Å². The molecule has 1 heterocycles. The first-order valence-corrected chi connectivity index (χ1v) is 9.47. The number of amides is 1. The monoisotopic (exact) mass is 383 g/mol. The van der Waals surface area contributed by atoms with Crippen LogP contribution in [-0.2, 0) is 9.53 Å². The predicted octanol–water partition coefficient (Wildman–Crippen LogP) is 4.07. The first-order valence-electron chi connectivity index (χ1n) is 9.47. The van der Waals surface area contributed by atoms with Gasteiger partial charge in [0.2, 0.25) is 5.91 Å². The van der Waals surface area contributed by atoms with Gasteiger partial charge in [-0.3, -0.25) is 4.79 Å². The first kappa shape index (κ1) is 19.9. The zero-order chi connectivity index (χ0) is 19.6. The number of hydrogen-bond donors (Lipinski definition) is 1. The Kier molecular flexibility index (Phi) is 6.19. The average Bonchev–Trinajstić information content (AvgIpc) is 3.10. The summed E-state index contributed by atoms with van der Waals surface area (Å²) >= 11 is 0. The van der Waals surface area contributed by atoms with E-state index in [0.717, 1.165) is 24.8 Å². The summed E-state index contributed by atoms with van der Waals surface area (Å²) in [4.78, 5) is 12.2. The molecule has 7 heteroatoms. The summed E-state index contributed by atoms with van der Waals surface area (Å²) in [5.74, 6) is 0.539. The smallest absolute Gasteiger partial charge is 0.387 e. The molecule has 1 aromatic rings. The second-order valence-electron chi connectivity index (χ2n) is 7.55. The minimum atomic E-state index is -2.91. The molecule has 3 rings (SSSR count). The van der Waals surface area contributed by atoms with Gasteiger partial charge in [0.1, 0.15) is 0 Å². The van der Waals surface area contributed by atoms with Gasteiger partial charge in [-0.25, -0.2) is 0 Å². The predicted molar refractivity (Wildman–Crippen MR) is 96.0 cm³/mol. The largest absolute Gasteiger partial charge is 0.493 e. The normalized spacial score (nSPS) is 27.5. The van der Waals surface area contributed by atoms with Crippen molar-refractivity contribution >= 4 is 5.91 Å². The van der Waals surface area contributed by atoms with E-state index in [1.54, 1.807) is 12.1 Å². The van der Waals surface area contributed by atoms with Crippen molar-refractivity contribution in [2.45, 2.75) is 64.4 Å². The van der Waals surface area contributed by atoms with Gasteiger partial charge in [0.05, 0.1) is 19.3 Å². The fraction of sp³-hybridized carbons (Fsp3) is 0.650. The lowest BCUT2D eigenvalue weighted by molar-refractivity contribution is -0.129. The molecule has 1 N–H and O–H groups in total. The number of ether oxygens (including phenoxy) is 3. The third kappa shape index (κ3) is 4.51. The molecule has 1 aliphatic heterocycles. The lowest BCUT2D eigenvalue weighted by Gasteiger charge is -2.40. The van der Waals surface area contributed by atoms with Gasteiger partial charge in [-0.2, -0.15) is 8.78 Å². The quantitative estimate of drug-likeness (QED) is 0.805. The molecule has 1 aromatic carbocycles. The molecule has 4 atom stereocenters. The fourth-order valence-electron chi connectivity index (χ4n) is 4.06. The number of fused-ring (bicyclic) bond motifs is 1. The summed E-state index contributed by atoms with van der Waals surface area (Å²) in [6, 6.07) is 4.93. The van der Waals surface area contributed by atoms with E-state index >= 15 is 0 Å². The molecule has 1 aliphatic carbocycles. The van der Waals surface area contributed by atoms with E-state index in [1.807, 2.05) is 13.8 Å². The van der Waals surface area contributed by atoms with Crippen molar-refractivity contribution in [3.63, 3.8) is 0 Å². The number of alkyl halides is 2. The Morgan fingerprint density at radius 1 is 1.26 bits per heavy atom. The van der Waals surface area contributed by atoms with E-state index in [2.05, 4.69) is 10.1 Å². The minimum Gasteiger partial charge on any atom is -0.493 e. The maximum Gasteiger partial charge on any atom is 0.387 e. The first-order chi connectivity index (χ1) is 12.9. The highest BCUT2D eigenvalue weighted by molar-refractivity contribution is 5.78. The van der Waals surface area contributed by atoms with Gasteiger partial charge in [0, 0.05) is 17.9 Å². The zero-order valence-corrected chi connectivity index (χ0v) is 15.9. The number of methoxy groups -OCH3 is 1. The molecule has 0 unspecified atom stereocenters. The Labute approximate surface area is 158 Å². The van der Waals surface area contributed by atoms with E-state index in [4.69, 9.17) is 9.47 Å². The maximum absolute atomic E-state index is 12.5. The number of carbonyl (C=O) groups excluding carboxylic acids is 1. The maximum atomic E-state index is 12.5. The van der Waals surface area contributed by atoms with E-state index in [-0.39, 0.29) is 41.6 Å². The molecule has 1 saturated carbocycles. The van der Waals surface area contributed by atoms with Gasteiger partial charge in [0.25, 0.3) is 0 Å². The minimum absolute atomic E-state index is 0.00420. The number of carbonyl (C=O) groups is 1. The molecule has 0 radical (unpaired) electrons. The van der Waals surface area contributed by atoms with Crippen LogP contribution < -0.4 is 14.8 Å². The van der Waals surface area contributed by atoms with Gasteiger partial charge in [0.15, 0.2) is 11.5 Å². The molecule has 0 bridgehead atoms.